The average molecular weight is 410 g/mol. The van der Waals surface area contributed by atoms with E-state index in [1.54, 1.807) is 0 Å². The zero-order chi connectivity index (χ0) is 21.4. The Morgan fingerprint density at radius 2 is 1.00 bits per heavy atom. The smallest absolute Gasteiger partial charge is 0.0353 e. The predicted molar refractivity (Wildman–Crippen MR) is 131 cm³/mol. The van der Waals surface area contributed by atoms with Crippen LogP contribution in [0.1, 0.15) is 94.2 Å². The topological polar surface area (TPSA) is 26.0 Å². The Bertz CT molecular complexity index is 594. The number of anilines is 1. The molecule has 1 nitrogen and oxygen atoms in total. The first-order valence-corrected chi connectivity index (χ1v) is 13.3. The van der Waals surface area contributed by atoms with Crippen molar-refractivity contribution in [3.8, 4) is 0 Å². The summed E-state index contributed by atoms with van der Waals surface area (Å²) >= 11 is 0. The van der Waals surface area contributed by atoms with E-state index in [-0.39, 0.29) is 15.8 Å². The molecule has 3 heteroatoms. The molecule has 0 aliphatic heterocycles. The average Bonchev–Trinajstić information content (AvgIpc) is 2.38. The zero-order valence-corrected chi connectivity index (χ0v) is 21.9. The van der Waals surface area contributed by atoms with Gasteiger partial charge in [-0.3, -0.25) is 0 Å². The van der Waals surface area contributed by atoms with Gasteiger partial charge in [0.1, 0.15) is 0 Å². The van der Waals surface area contributed by atoms with Crippen molar-refractivity contribution in [3.05, 3.63) is 29.3 Å². The molecule has 0 aliphatic rings. The summed E-state index contributed by atoms with van der Waals surface area (Å²) in [4.78, 5) is 0. The molecular weight excluding hydrogens is 364 g/mol. The fourth-order valence-electron chi connectivity index (χ4n) is 4.29. The van der Waals surface area contributed by atoms with Gasteiger partial charge in [-0.1, -0.05) is 111 Å². The summed E-state index contributed by atoms with van der Waals surface area (Å²) in [5.41, 5.74) is 10.5. The lowest BCUT2D eigenvalue weighted by Crippen LogP contribution is -2.27. The second-order valence-corrected chi connectivity index (χ2v) is 19.6. The van der Waals surface area contributed by atoms with Gasteiger partial charge in [-0.05, 0) is 50.1 Å². The van der Waals surface area contributed by atoms with Gasteiger partial charge in [0, 0.05) is 5.69 Å². The van der Waals surface area contributed by atoms with Crippen LogP contribution in [0.25, 0.3) is 0 Å². The lowest BCUT2D eigenvalue weighted by Gasteiger charge is -2.44. The minimum atomic E-state index is -0.205. The van der Waals surface area contributed by atoms with Gasteiger partial charge in [0.05, 0.1) is 0 Å². The van der Waals surface area contributed by atoms with Crippen molar-refractivity contribution < 1.29 is 0 Å². The van der Waals surface area contributed by atoms with Crippen molar-refractivity contribution >= 4 is 21.5 Å². The Morgan fingerprint density at radius 3 is 1.37 bits per heavy atom. The van der Waals surface area contributed by atoms with E-state index in [0.717, 1.165) is 11.8 Å². The number of benzene rings is 1. The molecule has 2 N–H and O–H groups in total. The molecule has 0 unspecified atom stereocenters. The maximum atomic E-state index is 6.57. The number of nitrogens with two attached hydrogens (primary N) is 1. The predicted octanol–water partition coefficient (Wildman–Crippen LogP) is 8.43. The highest BCUT2D eigenvalue weighted by Crippen LogP contribution is 2.64. The Kier molecular flexibility index (Phi) is 7.68. The first-order chi connectivity index (χ1) is 11.8. The summed E-state index contributed by atoms with van der Waals surface area (Å²) in [6.07, 6.45) is 2.29. The summed E-state index contributed by atoms with van der Waals surface area (Å²) < 4.78 is 0. The highest BCUT2D eigenvalue weighted by Gasteiger charge is 2.37. The first kappa shape index (κ1) is 24.9. The van der Waals surface area contributed by atoms with E-state index < -0.39 is 0 Å². The van der Waals surface area contributed by atoms with Gasteiger partial charge in [0.2, 0.25) is 0 Å². The van der Waals surface area contributed by atoms with Crippen molar-refractivity contribution in [2.75, 3.05) is 5.73 Å². The Balaban J connectivity index is 3.40. The summed E-state index contributed by atoms with van der Waals surface area (Å²) in [5, 5.41) is 1.28. The lowest BCUT2D eigenvalue weighted by molar-refractivity contribution is 0.699. The van der Waals surface area contributed by atoms with Crippen LogP contribution in [0.15, 0.2) is 18.2 Å². The van der Waals surface area contributed by atoms with Gasteiger partial charge >= 0.3 is 0 Å². The van der Waals surface area contributed by atoms with Crippen LogP contribution >= 0.6 is 15.8 Å². The van der Waals surface area contributed by atoms with E-state index >= 15 is 0 Å². The largest absolute Gasteiger partial charge is 0.398 e. The van der Waals surface area contributed by atoms with E-state index in [9.17, 15) is 0 Å². The minimum absolute atomic E-state index is 0.177. The number of hydrogen-bond donors (Lipinski definition) is 1. The molecule has 0 amide bonds. The second kappa shape index (κ2) is 8.32. The van der Waals surface area contributed by atoms with Crippen molar-refractivity contribution in [3.63, 3.8) is 0 Å². The molecule has 0 spiro atoms. The molecule has 0 saturated carbocycles. The Morgan fingerprint density at radius 1 is 0.630 bits per heavy atom. The van der Waals surface area contributed by atoms with Crippen LogP contribution < -0.4 is 5.73 Å². The van der Waals surface area contributed by atoms with Crippen LogP contribution in [0.3, 0.4) is 0 Å². The van der Waals surface area contributed by atoms with Crippen LogP contribution in [0, 0.1) is 0 Å². The molecule has 0 heterocycles. The zero-order valence-electron chi connectivity index (χ0n) is 20.1. The minimum Gasteiger partial charge on any atom is -0.398 e. The highest BCUT2D eigenvalue weighted by atomic mass is 31.1. The molecular formula is C24H45NP2. The SMILES string of the molecule is CC(C)(C)P(Cc1cccc(N)c1CP(C(C)(C)C)C(C)(C)C)C(C)(C)C. The molecule has 0 radical (unpaired) electrons. The molecule has 1 rings (SSSR count). The second-order valence-electron chi connectivity index (χ2n) is 11.8. The van der Waals surface area contributed by atoms with Gasteiger partial charge in [-0.25, -0.2) is 0 Å². The van der Waals surface area contributed by atoms with Crippen LogP contribution in [-0.4, -0.2) is 20.6 Å². The van der Waals surface area contributed by atoms with Gasteiger partial charge in [0.25, 0.3) is 0 Å². The molecule has 0 saturated heterocycles. The van der Waals surface area contributed by atoms with E-state index in [4.69, 9.17) is 5.73 Å². The van der Waals surface area contributed by atoms with Crippen molar-refractivity contribution in [1.82, 2.24) is 0 Å². The molecule has 1 aromatic carbocycles. The molecule has 1 aromatic rings. The standard InChI is InChI=1S/C24H45NP2/c1-21(2,3)26(22(4,5)6)16-18-14-13-15-20(25)19(18)17-27(23(7,8)9)24(10,11)12/h13-15H,16-17,25H2,1-12H3. The number of hydrogen-bond acceptors (Lipinski definition) is 1. The lowest BCUT2D eigenvalue weighted by atomic mass is 10.1. The number of nitrogen functional groups attached to an aromatic ring is 1. The molecule has 0 aromatic heterocycles. The Labute approximate surface area is 172 Å². The monoisotopic (exact) mass is 409 g/mol. The summed E-state index contributed by atoms with van der Waals surface area (Å²) in [7, 11) is -0.383. The van der Waals surface area contributed by atoms with E-state index in [2.05, 4.69) is 101 Å². The van der Waals surface area contributed by atoms with Crippen molar-refractivity contribution in [1.29, 1.82) is 0 Å². The maximum Gasteiger partial charge on any atom is 0.0353 e. The normalized spacial score (nSPS) is 14.3. The van der Waals surface area contributed by atoms with Crippen LogP contribution in [0.5, 0.6) is 0 Å². The summed E-state index contributed by atoms with van der Waals surface area (Å²) in [6, 6.07) is 6.61. The molecule has 27 heavy (non-hydrogen) atoms. The first-order valence-electron chi connectivity index (χ1n) is 10.3. The molecule has 156 valence electrons. The van der Waals surface area contributed by atoms with Crippen LogP contribution in [-0.2, 0) is 12.3 Å². The summed E-state index contributed by atoms with van der Waals surface area (Å²) in [5.74, 6) is 0. The van der Waals surface area contributed by atoms with Gasteiger partial charge in [0.15, 0.2) is 0 Å². The van der Waals surface area contributed by atoms with Crippen molar-refractivity contribution in [2.45, 2.75) is 116 Å². The molecule has 0 atom stereocenters. The quantitative estimate of drug-likeness (QED) is 0.392. The van der Waals surface area contributed by atoms with Gasteiger partial charge < -0.3 is 5.73 Å². The van der Waals surface area contributed by atoms with Crippen molar-refractivity contribution in [2.24, 2.45) is 0 Å². The van der Waals surface area contributed by atoms with E-state index in [1.165, 1.54) is 17.3 Å². The third kappa shape index (κ3) is 7.01. The van der Waals surface area contributed by atoms with Gasteiger partial charge in [-0.2, -0.15) is 0 Å². The van der Waals surface area contributed by atoms with Gasteiger partial charge in [-0.15, -0.1) is 0 Å². The van der Waals surface area contributed by atoms with E-state index in [1.807, 2.05) is 0 Å². The molecule has 0 fully saturated rings. The maximum absolute atomic E-state index is 6.57. The molecule has 0 bridgehead atoms. The Hall–Kier alpha value is -0.120. The fraction of sp³-hybridized carbons (Fsp3) is 0.750. The summed E-state index contributed by atoms with van der Waals surface area (Å²) in [6.45, 7) is 28.9. The van der Waals surface area contributed by atoms with E-state index in [0.29, 0.717) is 20.6 Å². The van der Waals surface area contributed by atoms with Crippen LogP contribution in [0.4, 0.5) is 5.69 Å². The third-order valence-corrected chi connectivity index (χ3v) is 13.0. The molecule has 0 aliphatic carbocycles. The number of rotatable bonds is 4. The third-order valence-electron chi connectivity index (χ3n) is 5.19. The fourth-order valence-corrected chi connectivity index (χ4v) is 11.5. The highest BCUT2D eigenvalue weighted by molar-refractivity contribution is 7.60. The van der Waals surface area contributed by atoms with Crippen LogP contribution in [0.2, 0.25) is 0 Å².